The smallest absolute Gasteiger partial charge is 0.471 e. The fourth-order valence-corrected chi connectivity index (χ4v) is 6.30. The van der Waals surface area contributed by atoms with Gasteiger partial charge in [0.2, 0.25) is 11.8 Å². The van der Waals surface area contributed by atoms with E-state index in [1.165, 1.54) is 0 Å². The second kappa shape index (κ2) is 28.7. The average molecular weight is 943 g/mol. The highest BCUT2D eigenvalue weighted by molar-refractivity contribution is 6.30. The topological polar surface area (TPSA) is 292 Å². The molecule has 1 aromatic heterocycles. The maximum Gasteiger partial charge on any atom is 0.471 e. The SMILES string of the molecule is O=C(Cc1ccc(Cl)cc1)NC[C@@H](O)[C@@H](O)[C@@H]1O[C@@](OCCCCCCc2cn(CCOCCOCCOCCOCCNC(=O)C(F)(F)F)nn2)(C(=O)O)C[C@H](O)[C@H]1NC(=O)CO. The molecule has 1 aliphatic heterocycles. The van der Waals surface area contributed by atoms with Crippen LogP contribution in [0.3, 0.4) is 0 Å². The summed E-state index contributed by atoms with van der Waals surface area (Å²) < 4.78 is 70.7. The summed E-state index contributed by atoms with van der Waals surface area (Å²) in [5, 5.41) is 67.6. The van der Waals surface area contributed by atoms with Gasteiger partial charge in [0.1, 0.15) is 18.8 Å². The van der Waals surface area contributed by atoms with Gasteiger partial charge in [-0.2, -0.15) is 13.2 Å². The number of hydrogen-bond acceptors (Lipinski definition) is 16. The molecule has 0 saturated carbocycles. The minimum atomic E-state index is -4.93. The van der Waals surface area contributed by atoms with Gasteiger partial charge in [0.15, 0.2) is 0 Å². The maximum absolute atomic E-state index is 12.5. The zero-order valence-corrected chi connectivity index (χ0v) is 35.8. The van der Waals surface area contributed by atoms with E-state index in [-0.39, 0.29) is 46.0 Å². The number of aryl methyl sites for hydroxylation is 1. The first kappa shape index (κ1) is 54.3. The highest BCUT2D eigenvalue weighted by Crippen LogP contribution is 2.34. The molecular weight excluding hydrogens is 885 g/mol. The number of nitrogens with one attached hydrogen (secondary N) is 3. The Labute approximate surface area is 371 Å². The lowest BCUT2D eigenvalue weighted by molar-refractivity contribution is -0.310. The van der Waals surface area contributed by atoms with Crippen LogP contribution < -0.4 is 16.0 Å². The van der Waals surface area contributed by atoms with Crippen LogP contribution in [0.4, 0.5) is 13.2 Å². The van der Waals surface area contributed by atoms with E-state index in [2.05, 4.69) is 20.9 Å². The van der Waals surface area contributed by atoms with E-state index in [0.717, 1.165) is 18.5 Å². The van der Waals surface area contributed by atoms with Gasteiger partial charge in [0.25, 0.3) is 5.79 Å². The van der Waals surface area contributed by atoms with E-state index in [4.69, 9.17) is 40.0 Å². The van der Waals surface area contributed by atoms with Crippen LogP contribution in [0.15, 0.2) is 30.5 Å². The monoisotopic (exact) mass is 942 g/mol. The molecule has 0 radical (unpaired) electrons. The number of carbonyl (C=O) groups excluding carboxylic acids is 3. The second-order valence-electron chi connectivity index (χ2n) is 14.5. The fourth-order valence-electron chi connectivity index (χ4n) is 6.17. The molecular formula is C39H58ClF3N6O15. The number of carboxylic acids is 1. The molecule has 64 heavy (non-hydrogen) atoms. The fraction of sp³-hybridized carbons (Fsp3) is 0.692. The van der Waals surface area contributed by atoms with Crippen molar-refractivity contribution in [1.82, 2.24) is 30.9 Å². The molecule has 2 heterocycles. The number of rotatable bonds is 32. The number of aromatic nitrogens is 3. The van der Waals surface area contributed by atoms with E-state index >= 15 is 0 Å². The standard InChI is InChI=1S/C39H58ClF3N6O15/c40-27-8-6-26(7-9-27)21-31(53)45-23-30(52)34(55)35-33(46-32(54)25-50)29(51)22-38(64-35,37(57)58)63-12-4-2-1-3-5-28-24-49(48-47-28)11-14-60-16-18-62-20-19-61-17-15-59-13-10-44-36(56)39(41,42)43/h6-9,24,29-30,33-35,50-52,55H,1-5,10-23,25H2,(H,44,56)(H,45,53)(H,46,54)(H,57,58)/t29-,30+,33+,34+,35+,38+/m0/s1. The number of carboxylic acid groups (broad SMARTS) is 1. The molecule has 3 amide bonds. The summed E-state index contributed by atoms with van der Waals surface area (Å²) in [4.78, 5) is 47.8. The first-order valence-corrected chi connectivity index (χ1v) is 21.0. The molecule has 0 bridgehead atoms. The molecule has 1 aromatic carbocycles. The van der Waals surface area contributed by atoms with Crippen LogP contribution in [0.2, 0.25) is 5.02 Å². The second-order valence-corrected chi connectivity index (χ2v) is 15.0. The maximum atomic E-state index is 12.5. The summed E-state index contributed by atoms with van der Waals surface area (Å²) >= 11 is 5.88. The molecule has 0 spiro atoms. The Kier molecular flexibility index (Phi) is 24.4. The van der Waals surface area contributed by atoms with Crippen molar-refractivity contribution in [2.24, 2.45) is 0 Å². The molecule has 1 fully saturated rings. The third kappa shape index (κ3) is 20.0. The van der Waals surface area contributed by atoms with Crippen LogP contribution in [0.25, 0.3) is 0 Å². The first-order valence-electron chi connectivity index (χ1n) is 20.6. The molecule has 1 saturated heterocycles. The Hall–Kier alpha value is -4.08. The molecule has 8 N–H and O–H groups in total. The number of aliphatic hydroxyl groups excluding tert-OH is 4. The molecule has 21 nitrogen and oxygen atoms in total. The van der Waals surface area contributed by atoms with Gasteiger partial charge in [-0.1, -0.05) is 41.8 Å². The molecule has 6 atom stereocenters. The van der Waals surface area contributed by atoms with Gasteiger partial charge in [-0.25, -0.2) is 9.48 Å². The van der Waals surface area contributed by atoms with Crippen molar-refractivity contribution in [3.8, 4) is 0 Å². The number of amides is 3. The summed E-state index contributed by atoms with van der Waals surface area (Å²) in [6.45, 7) is 0.485. The third-order valence-corrected chi connectivity index (χ3v) is 9.76. The van der Waals surface area contributed by atoms with Gasteiger partial charge in [-0.05, 0) is 37.0 Å². The van der Waals surface area contributed by atoms with Crippen LogP contribution in [-0.4, -0.2) is 186 Å². The molecule has 0 unspecified atom stereocenters. The molecule has 25 heteroatoms. The van der Waals surface area contributed by atoms with Gasteiger partial charge in [0.05, 0.1) is 96.4 Å². The summed E-state index contributed by atoms with van der Waals surface area (Å²) in [6, 6.07) is 5.03. The van der Waals surface area contributed by atoms with Gasteiger partial charge < -0.3 is 69.9 Å². The lowest BCUT2D eigenvalue weighted by Crippen LogP contribution is -2.68. The Morgan fingerprint density at radius 1 is 0.891 bits per heavy atom. The number of halogens is 4. The summed E-state index contributed by atoms with van der Waals surface area (Å²) in [5.41, 5.74) is 1.40. The number of ether oxygens (including phenoxy) is 6. The van der Waals surface area contributed by atoms with E-state index in [9.17, 15) is 57.9 Å². The highest BCUT2D eigenvalue weighted by atomic mass is 35.5. The van der Waals surface area contributed by atoms with Crippen molar-refractivity contribution < 1.29 is 86.3 Å². The summed E-state index contributed by atoms with van der Waals surface area (Å²) in [5.74, 6) is -7.56. The van der Waals surface area contributed by atoms with Crippen LogP contribution in [0, 0.1) is 0 Å². The lowest BCUT2D eigenvalue weighted by Gasteiger charge is -2.46. The van der Waals surface area contributed by atoms with Crippen LogP contribution >= 0.6 is 11.6 Å². The molecule has 1 aliphatic rings. The number of aliphatic hydroxyl groups is 4. The molecule has 2 aromatic rings. The summed E-state index contributed by atoms with van der Waals surface area (Å²) in [6.07, 6.45) is -7.83. The number of aliphatic carboxylic acids is 1. The van der Waals surface area contributed by atoms with E-state index < -0.39 is 85.7 Å². The van der Waals surface area contributed by atoms with Gasteiger partial charge in [-0.3, -0.25) is 14.4 Å². The van der Waals surface area contributed by atoms with Crippen LogP contribution in [-0.2, 0) is 67.0 Å². The highest BCUT2D eigenvalue weighted by Gasteiger charge is 2.55. The van der Waals surface area contributed by atoms with Crippen LogP contribution in [0.1, 0.15) is 43.4 Å². The Balaban J connectivity index is 1.30. The van der Waals surface area contributed by atoms with Crippen LogP contribution in [0.5, 0.6) is 0 Å². The molecule has 0 aliphatic carbocycles. The van der Waals surface area contributed by atoms with Gasteiger partial charge in [0, 0.05) is 30.7 Å². The number of alkyl halides is 3. The predicted molar refractivity (Wildman–Crippen MR) is 216 cm³/mol. The van der Waals surface area contributed by atoms with Crippen molar-refractivity contribution >= 4 is 35.3 Å². The van der Waals surface area contributed by atoms with Gasteiger partial charge >= 0.3 is 18.1 Å². The number of benzene rings is 1. The Morgan fingerprint density at radius 2 is 1.52 bits per heavy atom. The number of unbranched alkanes of at least 4 members (excludes halogenated alkanes) is 3. The Morgan fingerprint density at radius 3 is 2.14 bits per heavy atom. The lowest BCUT2D eigenvalue weighted by atomic mass is 9.88. The van der Waals surface area contributed by atoms with Crippen molar-refractivity contribution in [3.05, 3.63) is 46.7 Å². The van der Waals surface area contributed by atoms with Crippen molar-refractivity contribution in [3.63, 3.8) is 0 Å². The van der Waals surface area contributed by atoms with E-state index in [1.54, 1.807) is 40.5 Å². The number of nitrogens with zero attached hydrogens (tertiary/aromatic N) is 3. The van der Waals surface area contributed by atoms with Crippen molar-refractivity contribution in [1.29, 1.82) is 0 Å². The van der Waals surface area contributed by atoms with Crippen molar-refractivity contribution in [2.45, 2.75) is 93.9 Å². The largest absolute Gasteiger partial charge is 0.477 e. The van der Waals surface area contributed by atoms with Crippen molar-refractivity contribution in [2.75, 3.05) is 79.2 Å². The zero-order valence-electron chi connectivity index (χ0n) is 35.1. The minimum absolute atomic E-state index is 0.0676. The normalized spacial score (nSPS) is 19.8. The predicted octanol–water partition coefficient (Wildman–Crippen LogP) is -0.716. The quantitative estimate of drug-likeness (QED) is 0.0420. The van der Waals surface area contributed by atoms with E-state index in [0.29, 0.717) is 62.8 Å². The summed E-state index contributed by atoms with van der Waals surface area (Å²) in [7, 11) is 0. The average Bonchev–Trinajstić information content (AvgIpc) is 3.71. The third-order valence-electron chi connectivity index (χ3n) is 9.51. The molecule has 362 valence electrons. The number of hydrogen-bond donors (Lipinski definition) is 8. The van der Waals surface area contributed by atoms with E-state index in [1.807, 2.05) is 0 Å². The zero-order chi connectivity index (χ0) is 47.0. The Bertz CT molecular complexity index is 1700. The number of carbonyl (C=O) groups is 4. The van der Waals surface area contributed by atoms with Gasteiger partial charge in [-0.15, -0.1) is 5.10 Å². The first-order chi connectivity index (χ1) is 30.5. The molecule has 3 rings (SSSR count). The minimum Gasteiger partial charge on any atom is -0.477 e.